The fraction of sp³-hybridized carbons (Fsp3) is 0.133. The predicted octanol–water partition coefficient (Wildman–Crippen LogP) is 2.39. The number of phenols is 1. The van der Waals surface area contributed by atoms with E-state index in [-0.39, 0.29) is 11.5 Å². The third kappa shape index (κ3) is 3.10. The SMILES string of the molecule is Cc1cccc(CN=Cc2cc(O)ccc2[O-])c1. The number of hydrogen-bond acceptors (Lipinski definition) is 3. The van der Waals surface area contributed by atoms with Crippen molar-refractivity contribution in [1.82, 2.24) is 0 Å². The van der Waals surface area contributed by atoms with Crippen molar-refractivity contribution in [3.63, 3.8) is 0 Å². The molecule has 0 aliphatic heterocycles. The van der Waals surface area contributed by atoms with Crippen LogP contribution in [0, 0.1) is 6.92 Å². The Bertz CT molecular complexity index is 576. The first kappa shape index (κ1) is 12.2. The minimum atomic E-state index is -0.138. The minimum Gasteiger partial charge on any atom is -0.872 e. The molecule has 0 heterocycles. The van der Waals surface area contributed by atoms with Gasteiger partial charge in [0, 0.05) is 6.21 Å². The van der Waals surface area contributed by atoms with E-state index in [0.717, 1.165) is 5.56 Å². The van der Waals surface area contributed by atoms with Crippen LogP contribution in [0.5, 0.6) is 11.5 Å². The van der Waals surface area contributed by atoms with Crippen LogP contribution in [0.4, 0.5) is 0 Å². The first-order chi connectivity index (χ1) is 8.65. The largest absolute Gasteiger partial charge is 0.872 e. The molecule has 0 saturated heterocycles. The Morgan fingerprint density at radius 2 is 2.06 bits per heavy atom. The molecule has 92 valence electrons. The van der Waals surface area contributed by atoms with Crippen molar-refractivity contribution < 1.29 is 10.2 Å². The maximum absolute atomic E-state index is 11.5. The smallest absolute Gasteiger partial charge is 0.116 e. The average Bonchev–Trinajstić information content (AvgIpc) is 2.34. The Kier molecular flexibility index (Phi) is 3.63. The number of aromatic hydroxyl groups is 1. The van der Waals surface area contributed by atoms with Gasteiger partial charge in [0.05, 0.1) is 6.54 Å². The molecular formula is C15H14NO2-. The summed E-state index contributed by atoms with van der Waals surface area (Å²) in [5.41, 5.74) is 2.69. The van der Waals surface area contributed by atoms with Crippen LogP contribution in [-0.2, 0) is 6.54 Å². The third-order valence-electron chi connectivity index (χ3n) is 2.58. The lowest BCUT2D eigenvalue weighted by molar-refractivity contribution is -0.268. The van der Waals surface area contributed by atoms with E-state index < -0.39 is 0 Å². The van der Waals surface area contributed by atoms with Gasteiger partial charge in [-0.3, -0.25) is 4.99 Å². The molecule has 0 radical (unpaired) electrons. The van der Waals surface area contributed by atoms with Gasteiger partial charge in [-0.05, 0) is 30.2 Å². The first-order valence-electron chi connectivity index (χ1n) is 5.70. The molecule has 2 aromatic rings. The molecule has 0 bridgehead atoms. The second-order valence-electron chi connectivity index (χ2n) is 4.18. The topological polar surface area (TPSA) is 55.7 Å². The molecule has 3 nitrogen and oxygen atoms in total. The summed E-state index contributed by atoms with van der Waals surface area (Å²) in [5.74, 6) is -0.0626. The molecule has 0 spiro atoms. The lowest BCUT2D eigenvalue weighted by Gasteiger charge is -2.09. The third-order valence-corrected chi connectivity index (χ3v) is 2.58. The number of rotatable bonds is 3. The van der Waals surface area contributed by atoms with Crippen molar-refractivity contribution >= 4 is 6.21 Å². The summed E-state index contributed by atoms with van der Waals surface area (Å²) in [6.45, 7) is 2.55. The zero-order chi connectivity index (χ0) is 13.0. The molecule has 0 amide bonds. The van der Waals surface area contributed by atoms with Crippen molar-refractivity contribution in [3.8, 4) is 11.5 Å². The molecule has 2 aromatic carbocycles. The van der Waals surface area contributed by atoms with Crippen molar-refractivity contribution in [3.05, 3.63) is 59.2 Å². The molecule has 1 N–H and O–H groups in total. The maximum Gasteiger partial charge on any atom is 0.116 e. The van der Waals surface area contributed by atoms with Crippen molar-refractivity contribution in [2.75, 3.05) is 0 Å². The van der Waals surface area contributed by atoms with Gasteiger partial charge in [0.1, 0.15) is 5.75 Å². The van der Waals surface area contributed by atoms with E-state index in [4.69, 9.17) is 0 Å². The molecule has 0 aliphatic carbocycles. The summed E-state index contributed by atoms with van der Waals surface area (Å²) in [7, 11) is 0. The summed E-state index contributed by atoms with van der Waals surface area (Å²) in [6.07, 6.45) is 1.50. The van der Waals surface area contributed by atoms with Crippen LogP contribution >= 0.6 is 0 Å². The molecule has 3 heteroatoms. The lowest BCUT2D eigenvalue weighted by Crippen LogP contribution is -1.95. The molecule has 0 unspecified atom stereocenters. The van der Waals surface area contributed by atoms with Gasteiger partial charge in [0.2, 0.25) is 0 Å². The summed E-state index contributed by atoms with van der Waals surface area (Å²) in [5, 5.41) is 20.8. The van der Waals surface area contributed by atoms with E-state index >= 15 is 0 Å². The van der Waals surface area contributed by atoms with Gasteiger partial charge in [0.15, 0.2) is 0 Å². The summed E-state index contributed by atoms with van der Waals surface area (Å²) in [6, 6.07) is 12.2. The van der Waals surface area contributed by atoms with Crippen LogP contribution in [0.3, 0.4) is 0 Å². The van der Waals surface area contributed by atoms with Crippen molar-refractivity contribution in [2.45, 2.75) is 13.5 Å². The summed E-state index contributed by atoms with van der Waals surface area (Å²) >= 11 is 0. The van der Waals surface area contributed by atoms with Crippen LogP contribution in [0.15, 0.2) is 47.5 Å². The Morgan fingerprint density at radius 3 is 2.83 bits per heavy atom. The number of nitrogens with zero attached hydrogens (tertiary/aromatic N) is 1. The maximum atomic E-state index is 11.5. The van der Waals surface area contributed by atoms with Gasteiger partial charge >= 0.3 is 0 Å². The van der Waals surface area contributed by atoms with Gasteiger partial charge in [-0.2, -0.15) is 0 Å². The van der Waals surface area contributed by atoms with Crippen LogP contribution in [-0.4, -0.2) is 11.3 Å². The normalized spacial score (nSPS) is 10.9. The lowest BCUT2D eigenvalue weighted by atomic mass is 10.1. The Labute approximate surface area is 106 Å². The zero-order valence-corrected chi connectivity index (χ0v) is 10.1. The fourth-order valence-corrected chi connectivity index (χ4v) is 1.70. The number of phenolic OH excluding ortho intramolecular Hbond substituents is 1. The quantitative estimate of drug-likeness (QED) is 0.837. The highest BCUT2D eigenvalue weighted by atomic mass is 16.3. The molecule has 18 heavy (non-hydrogen) atoms. The zero-order valence-electron chi connectivity index (χ0n) is 10.1. The second-order valence-corrected chi connectivity index (χ2v) is 4.18. The molecular weight excluding hydrogens is 226 g/mol. The highest BCUT2D eigenvalue weighted by Gasteiger charge is 1.94. The van der Waals surface area contributed by atoms with Crippen LogP contribution in [0.25, 0.3) is 0 Å². The molecule has 0 saturated carbocycles. The van der Waals surface area contributed by atoms with Gasteiger partial charge in [-0.25, -0.2) is 0 Å². The monoisotopic (exact) mass is 240 g/mol. The van der Waals surface area contributed by atoms with E-state index in [2.05, 4.69) is 11.1 Å². The fourth-order valence-electron chi connectivity index (χ4n) is 1.70. The van der Waals surface area contributed by atoms with Gasteiger partial charge < -0.3 is 10.2 Å². The van der Waals surface area contributed by atoms with E-state index in [0.29, 0.717) is 12.1 Å². The van der Waals surface area contributed by atoms with Crippen molar-refractivity contribution in [1.29, 1.82) is 0 Å². The standard InChI is InChI=1S/C15H15NO2/c1-11-3-2-4-12(7-11)9-16-10-13-8-14(17)5-6-15(13)18/h2-8,10,17-18H,9H2,1H3/p-1. The van der Waals surface area contributed by atoms with Crippen LogP contribution in [0.2, 0.25) is 0 Å². The van der Waals surface area contributed by atoms with Crippen LogP contribution in [0.1, 0.15) is 16.7 Å². The van der Waals surface area contributed by atoms with Gasteiger partial charge in [-0.15, -0.1) is 0 Å². The molecule has 0 atom stereocenters. The average molecular weight is 240 g/mol. The molecule has 0 aromatic heterocycles. The number of benzene rings is 2. The highest BCUT2D eigenvalue weighted by Crippen LogP contribution is 2.18. The summed E-state index contributed by atoms with van der Waals surface area (Å²) < 4.78 is 0. The predicted molar refractivity (Wildman–Crippen MR) is 70.0 cm³/mol. The van der Waals surface area contributed by atoms with E-state index in [9.17, 15) is 10.2 Å². The minimum absolute atomic E-state index is 0.0756. The van der Waals surface area contributed by atoms with Gasteiger partial charge in [0.25, 0.3) is 0 Å². The summed E-state index contributed by atoms with van der Waals surface area (Å²) in [4.78, 5) is 4.22. The van der Waals surface area contributed by atoms with E-state index in [1.165, 1.54) is 30.0 Å². The Morgan fingerprint density at radius 1 is 1.22 bits per heavy atom. The first-order valence-corrected chi connectivity index (χ1v) is 5.70. The molecule has 0 fully saturated rings. The molecule has 2 rings (SSSR count). The number of aliphatic imine (C=N–C) groups is 1. The van der Waals surface area contributed by atoms with Crippen LogP contribution < -0.4 is 5.11 Å². The van der Waals surface area contributed by atoms with E-state index in [1.807, 2.05) is 25.1 Å². The van der Waals surface area contributed by atoms with E-state index in [1.54, 1.807) is 0 Å². The Hall–Kier alpha value is -2.29. The number of aryl methyl sites for hydroxylation is 1. The Balaban J connectivity index is 2.10. The second kappa shape index (κ2) is 5.36. The van der Waals surface area contributed by atoms with Gasteiger partial charge in [-0.1, -0.05) is 41.6 Å². The highest BCUT2D eigenvalue weighted by molar-refractivity contribution is 5.83. The molecule has 0 aliphatic rings. The number of hydrogen-bond donors (Lipinski definition) is 1. The van der Waals surface area contributed by atoms with Crippen molar-refractivity contribution in [2.24, 2.45) is 4.99 Å².